The summed E-state index contributed by atoms with van der Waals surface area (Å²) < 4.78 is 0. The molecule has 100 valence electrons. The molecule has 2 amide bonds. The van der Waals surface area contributed by atoms with Gasteiger partial charge in [0.15, 0.2) is 0 Å². The summed E-state index contributed by atoms with van der Waals surface area (Å²) in [6.45, 7) is 1.88. The van der Waals surface area contributed by atoms with Crippen molar-refractivity contribution in [2.45, 2.75) is 26.2 Å². The molecule has 0 unspecified atom stereocenters. The molecule has 0 bridgehead atoms. The van der Waals surface area contributed by atoms with Crippen LogP contribution in [0, 0.1) is 5.92 Å². The summed E-state index contributed by atoms with van der Waals surface area (Å²) >= 11 is 0. The first-order chi connectivity index (χ1) is 8.97. The van der Waals surface area contributed by atoms with Crippen LogP contribution in [0.2, 0.25) is 0 Å². The second kappa shape index (κ2) is 5.22. The molecule has 1 aromatic carbocycles. The third kappa shape index (κ3) is 2.99. The normalized spacial score (nSPS) is 16.8. The fourth-order valence-corrected chi connectivity index (χ4v) is 2.22. The summed E-state index contributed by atoms with van der Waals surface area (Å²) in [6, 6.07) is 6.48. The zero-order valence-electron chi connectivity index (χ0n) is 10.6. The van der Waals surface area contributed by atoms with Crippen molar-refractivity contribution < 1.29 is 19.5 Å². The quantitative estimate of drug-likeness (QED) is 0.839. The highest BCUT2D eigenvalue weighted by Crippen LogP contribution is 2.25. The van der Waals surface area contributed by atoms with E-state index in [1.54, 1.807) is 24.3 Å². The van der Waals surface area contributed by atoms with E-state index in [0.29, 0.717) is 24.1 Å². The maximum absolute atomic E-state index is 11.9. The molecule has 0 atom stereocenters. The van der Waals surface area contributed by atoms with Crippen molar-refractivity contribution in [2.75, 3.05) is 4.90 Å². The van der Waals surface area contributed by atoms with Gasteiger partial charge in [-0.2, -0.15) is 0 Å². The highest BCUT2D eigenvalue weighted by Gasteiger charge is 2.31. The van der Waals surface area contributed by atoms with Crippen LogP contribution in [0.1, 0.15) is 25.3 Å². The van der Waals surface area contributed by atoms with Gasteiger partial charge in [-0.15, -0.1) is 0 Å². The first-order valence-electron chi connectivity index (χ1n) is 6.14. The molecule has 0 aromatic heterocycles. The molecule has 0 saturated carbocycles. The molecule has 5 heteroatoms. The third-order valence-corrected chi connectivity index (χ3v) is 3.09. The largest absolute Gasteiger partial charge is 0.481 e. The third-order valence-electron chi connectivity index (χ3n) is 3.09. The lowest BCUT2D eigenvalue weighted by Crippen LogP contribution is -2.42. The predicted molar refractivity (Wildman–Crippen MR) is 68.7 cm³/mol. The second-order valence-electron chi connectivity index (χ2n) is 4.87. The molecule has 5 nitrogen and oxygen atoms in total. The van der Waals surface area contributed by atoms with Gasteiger partial charge in [0.25, 0.3) is 0 Å². The fourth-order valence-electron chi connectivity index (χ4n) is 2.22. The minimum atomic E-state index is -0.910. The molecule has 1 heterocycles. The van der Waals surface area contributed by atoms with Crippen molar-refractivity contribution in [2.24, 2.45) is 5.92 Å². The maximum atomic E-state index is 11.9. The van der Waals surface area contributed by atoms with Gasteiger partial charge >= 0.3 is 5.97 Å². The molecule has 2 rings (SSSR count). The van der Waals surface area contributed by atoms with Gasteiger partial charge in [-0.25, -0.2) is 0 Å². The number of anilines is 1. The number of hydrogen-bond acceptors (Lipinski definition) is 3. The monoisotopic (exact) mass is 261 g/mol. The summed E-state index contributed by atoms with van der Waals surface area (Å²) in [4.78, 5) is 35.5. The number of carboxylic acid groups (broad SMARTS) is 1. The number of carbonyl (C=O) groups is 3. The van der Waals surface area contributed by atoms with Gasteiger partial charge in [0.2, 0.25) is 11.8 Å². The average Bonchev–Trinajstić information content (AvgIpc) is 2.29. The summed E-state index contributed by atoms with van der Waals surface area (Å²) in [5.41, 5.74) is 1.15. The summed E-state index contributed by atoms with van der Waals surface area (Å²) in [5.74, 6) is -1.22. The lowest BCUT2D eigenvalue weighted by molar-refractivity contribution is -0.136. The Kier molecular flexibility index (Phi) is 3.64. The highest BCUT2D eigenvalue weighted by molar-refractivity contribution is 6.16. The number of imide groups is 1. The van der Waals surface area contributed by atoms with E-state index in [-0.39, 0.29) is 24.2 Å². The molecule has 0 aliphatic carbocycles. The Labute approximate surface area is 110 Å². The number of hydrogen-bond donors (Lipinski definition) is 1. The number of piperidine rings is 1. The van der Waals surface area contributed by atoms with Crippen LogP contribution in [0.3, 0.4) is 0 Å². The average molecular weight is 261 g/mol. The van der Waals surface area contributed by atoms with Gasteiger partial charge in [0.05, 0.1) is 12.1 Å². The van der Waals surface area contributed by atoms with Crippen LogP contribution >= 0.6 is 0 Å². The molecular formula is C14H15NO4. The van der Waals surface area contributed by atoms with Gasteiger partial charge in [0.1, 0.15) is 0 Å². The number of carboxylic acids is 1. The van der Waals surface area contributed by atoms with Crippen molar-refractivity contribution >= 4 is 23.5 Å². The minimum absolute atomic E-state index is 0.0702. The molecule has 1 N–H and O–H groups in total. The van der Waals surface area contributed by atoms with Crippen LogP contribution in [-0.2, 0) is 20.8 Å². The first kappa shape index (κ1) is 13.3. The molecule has 1 aromatic rings. The molecule has 1 aliphatic heterocycles. The van der Waals surface area contributed by atoms with Crippen LogP contribution in [0.4, 0.5) is 5.69 Å². The van der Waals surface area contributed by atoms with Crippen LogP contribution in [-0.4, -0.2) is 22.9 Å². The Morgan fingerprint density at radius 1 is 1.21 bits per heavy atom. The van der Waals surface area contributed by atoms with Crippen LogP contribution < -0.4 is 4.90 Å². The topological polar surface area (TPSA) is 74.7 Å². The van der Waals surface area contributed by atoms with Crippen molar-refractivity contribution in [1.82, 2.24) is 0 Å². The van der Waals surface area contributed by atoms with Crippen LogP contribution in [0.25, 0.3) is 0 Å². The molecule has 1 aliphatic rings. The van der Waals surface area contributed by atoms with Crippen molar-refractivity contribution in [1.29, 1.82) is 0 Å². The fraction of sp³-hybridized carbons (Fsp3) is 0.357. The highest BCUT2D eigenvalue weighted by atomic mass is 16.4. The first-order valence-corrected chi connectivity index (χ1v) is 6.14. The molecule has 19 heavy (non-hydrogen) atoms. The standard InChI is InChI=1S/C14H15NO4/c1-9-6-12(16)15(13(17)7-9)11-4-2-10(3-5-11)8-14(18)19/h2-5,9H,6-8H2,1H3,(H,18,19). The van der Waals surface area contributed by atoms with E-state index >= 15 is 0 Å². The number of amides is 2. The Morgan fingerprint density at radius 3 is 2.21 bits per heavy atom. The number of carbonyl (C=O) groups excluding carboxylic acids is 2. The zero-order valence-corrected chi connectivity index (χ0v) is 10.6. The number of rotatable bonds is 3. The molecule has 0 radical (unpaired) electrons. The van der Waals surface area contributed by atoms with Crippen molar-refractivity contribution in [3.8, 4) is 0 Å². The van der Waals surface area contributed by atoms with E-state index in [1.807, 2.05) is 6.92 Å². The van der Waals surface area contributed by atoms with Gasteiger partial charge in [-0.3, -0.25) is 19.3 Å². The molecular weight excluding hydrogens is 246 g/mol. The molecule has 1 saturated heterocycles. The van der Waals surface area contributed by atoms with E-state index in [0.717, 1.165) is 0 Å². The zero-order chi connectivity index (χ0) is 14.0. The van der Waals surface area contributed by atoms with E-state index < -0.39 is 5.97 Å². The van der Waals surface area contributed by atoms with E-state index in [4.69, 9.17) is 5.11 Å². The Hall–Kier alpha value is -2.17. The lowest BCUT2D eigenvalue weighted by atomic mass is 9.97. The number of aliphatic carboxylic acids is 1. The van der Waals surface area contributed by atoms with Gasteiger partial charge in [0, 0.05) is 12.8 Å². The molecule has 1 fully saturated rings. The number of nitrogens with zero attached hydrogens (tertiary/aromatic N) is 1. The Morgan fingerprint density at radius 2 is 1.74 bits per heavy atom. The Bertz CT molecular complexity index is 503. The molecule has 0 spiro atoms. The predicted octanol–water partition coefficient (Wildman–Crippen LogP) is 1.60. The van der Waals surface area contributed by atoms with E-state index in [1.165, 1.54) is 4.90 Å². The van der Waals surface area contributed by atoms with Gasteiger partial charge < -0.3 is 5.11 Å². The summed E-state index contributed by atoms with van der Waals surface area (Å²) in [6.07, 6.45) is 0.657. The van der Waals surface area contributed by atoms with Crippen LogP contribution in [0.5, 0.6) is 0 Å². The van der Waals surface area contributed by atoms with E-state index in [9.17, 15) is 14.4 Å². The SMILES string of the molecule is CC1CC(=O)N(c2ccc(CC(=O)O)cc2)C(=O)C1. The summed E-state index contributed by atoms with van der Waals surface area (Å²) in [7, 11) is 0. The Balaban J connectivity index is 2.19. The number of benzene rings is 1. The second-order valence-corrected chi connectivity index (χ2v) is 4.87. The van der Waals surface area contributed by atoms with Crippen molar-refractivity contribution in [3.63, 3.8) is 0 Å². The lowest BCUT2D eigenvalue weighted by Gasteiger charge is -2.28. The van der Waals surface area contributed by atoms with Crippen molar-refractivity contribution in [3.05, 3.63) is 29.8 Å². The maximum Gasteiger partial charge on any atom is 0.307 e. The van der Waals surface area contributed by atoms with Crippen LogP contribution in [0.15, 0.2) is 24.3 Å². The van der Waals surface area contributed by atoms with E-state index in [2.05, 4.69) is 0 Å². The van der Waals surface area contributed by atoms with Gasteiger partial charge in [-0.05, 0) is 23.6 Å². The van der Waals surface area contributed by atoms with Gasteiger partial charge in [-0.1, -0.05) is 19.1 Å². The smallest absolute Gasteiger partial charge is 0.307 e. The summed E-state index contributed by atoms with van der Waals surface area (Å²) in [5, 5.41) is 8.68. The minimum Gasteiger partial charge on any atom is -0.481 e.